The molecule has 19 heavy (non-hydrogen) atoms. The minimum Gasteiger partial charge on any atom is -0.459 e. The Morgan fingerprint density at radius 1 is 1.47 bits per heavy atom. The van der Waals surface area contributed by atoms with Crippen LogP contribution in [0.15, 0.2) is 22.8 Å². The minimum absolute atomic E-state index is 0.173. The third-order valence-corrected chi connectivity index (χ3v) is 3.17. The first kappa shape index (κ1) is 13.6. The van der Waals surface area contributed by atoms with E-state index in [1.165, 1.54) is 18.8 Å². The van der Waals surface area contributed by atoms with Crippen LogP contribution >= 0.6 is 0 Å². The van der Waals surface area contributed by atoms with E-state index in [-0.39, 0.29) is 11.7 Å². The monoisotopic (exact) mass is 265 g/mol. The molecule has 0 bridgehead atoms. The lowest BCUT2D eigenvalue weighted by atomic mass is 10.0. The van der Waals surface area contributed by atoms with E-state index in [4.69, 9.17) is 4.42 Å². The quantitative estimate of drug-likeness (QED) is 0.792. The van der Waals surface area contributed by atoms with Gasteiger partial charge in [-0.1, -0.05) is 6.92 Å². The molecule has 0 aromatic carbocycles. The van der Waals surface area contributed by atoms with Gasteiger partial charge >= 0.3 is 5.91 Å². The van der Waals surface area contributed by atoms with Crippen molar-refractivity contribution in [2.75, 3.05) is 19.6 Å². The average molecular weight is 265 g/mol. The van der Waals surface area contributed by atoms with Crippen molar-refractivity contribution in [3.8, 4) is 0 Å². The van der Waals surface area contributed by atoms with Crippen LogP contribution in [0.3, 0.4) is 0 Å². The number of amides is 2. The van der Waals surface area contributed by atoms with Gasteiger partial charge in [0, 0.05) is 6.54 Å². The summed E-state index contributed by atoms with van der Waals surface area (Å²) in [6, 6.07) is 3.15. The van der Waals surface area contributed by atoms with Crippen molar-refractivity contribution < 1.29 is 14.0 Å². The molecule has 1 atom stereocenters. The molecule has 2 rings (SSSR count). The number of piperidine rings is 1. The van der Waals surface area contributed by atoms with Crippen LogP contribution in [-0.4, -0.2) is 36.3 Å². The van der Waals surface area contributed by atoms with Gasteiger partial charge in [0.25, 0.3) is 5.91 Å². The lowest BCUT2D eigenvalue weighted by Gasteiger charge is -2.30. The fraction of sp³-hybridized carbons (Fsp3) is 0.538. The molecule has 1 aliphatic heterocycles. The molecule has 1 aliphatic rings. The zero-order valence-corrected chi connectivity index (χ0v) is 11.0. The van der Waals surface area contributed by atoms with E-state index in [0.29, 0.717) is 12.5 Å². The summed E-state index contributed by atoms with van der Waals surface area (Å²) >= 11 is 0. The predicted molar refractivity (Wildman–Crippen MR) is 69.2 cm³/mol. The SMILES string of the molecule is C[C@H]1CCCN(CC(=O)NNC(=O)c2ccco2)C1. The average Bonchev–Trinajstić information content (AvgIpc) is 2.90. The molecular weight excluding hydrogens is 246 g/mol. The van der Waals surface area contributed by atoms with Gasteiger partial charge in [-0.25, -0.2) is 0 Å². The molecule has 6 heteroatoms. The Bertz CT molecular complexity index is 430. The Hall–Kier alpha value is -1.82. The molecule has 0 saturated carbocycles. The molecule has 0 aliphatic carbocycles. The molecule has 2 N–H and O–H groups in total. The number of hydrazine groups is 1. The highest BCUT2D eigenvalue weighted by Crippen LogP contribution is 2.14. The van der Waals surface area contributed by atoms with Gasteiger partial charge in [-0.3, -0.25) is 25.3 Å². The maximum Gasteiger partial charge on any atom is 0.305 e. The summed E-state index contributed by atoms with van der Waals surface area (Å²) in [4.78, 5) is 25.3. The van der Waals surface area contributed by atoms with Gasteiger partial charge in [-0.05, 0) is 37.4 Å². The smallest absolute Gasteiger partial charge is 0.305 e. The lowest BCUT2D eigenvalue weighted by molar-refractivity contribution is -0.123. The van der Waals surface area contributed by atoms with E-state index in [9.17, 15) is 9.59 Å². The molecule has 2 heterocycles. The Labute approximate surface area is 112 Å². The molecular formula is C13H19N3O3. The van der Waals surface area contributed by atoms with Crippen LogP contribution in [0.25, 0.3) is 0 Å². The highest BCUT2D eigenvalue weighted by Gasteiger charge is 2.18. The van der Waals surface area contributed by atoms with Crippen molar-refractivity contribution in [3.63, 3.8) is 0 Å². The largest absolute Gasteiger partial charge is 0.459 e. The summed E-state index contributed by atoms with van der Waals surface area (Å²) in [5.41, 5.74) is 4.72. The number of nitrogens with one attached hydrogen (secondary N) is 2. The van der Waals surface area contributed by atoms with Crippen LogP contribution in [0.5, 0.6) is 0 Å². The van der Waals surface area contributed by atoms with E-state index >= 15 is 0 Å². The lowest BCUT2D eigenvalue weighted by Crippen LogP contribution is -2.48. The number of hydrogen-bond donors (Lipinski definition) is 2. The van der Waals surface area contributed by atoms with Crippen molar-refractivity contribution in [3.05, 3.63) is 24.2 Å². The fourth-order valence-electron chi connectivity index (χ4n) is 2.27. The fourth-order valence-corrected chi connectivity index (χ4v) is 2.27. The number of furan rings is 1. The Morgan fingerprint density at radius 2 is 2.32 bits per heavy atom. The third kappa shape index (κ3) is 4.10. The number of rotatable bonds is 3. The van der Waals surface area contributed by atoms with Crippen LogP contribution in [0.4, 0.5) is 0 Å². The molecule has 1 aromatic rings. The van der Waals surface area contributed by atoms with Gasteiger partial charge in [0.2, 0.25) is 0 Å². The standard InChI is InChI=1S/C13H19N3O3/c1-10-4-2-6-16(8-10)9-12(17)14-15-13(18)11-5-3-7-19-11/h3,5,7,10H,2,4,6,8-9H2,1H3,(H,14,17)(H,15,18)/t10-/m0/s1. The summed E-state index contributed by atoms with van der Waals surface area (Å²) in [7, 11) is 0. The molecule has 1 saturated heterocycles. The molecule has 6 nitrogen and oxygen atoms in total. The van der Waals surface area contributed by atoms with Gasteiger partial charge in [0.05, 0.1) is 12.8 Å². The molecule has 0 unspecified atom stereocenters. The van der Waals surface area contributed by atoms with Crippen molar-refractivity contribution >= 4 is 11.8 Å². The minimum atomic E-state index is -0.453. The Balaban J connectivity index is 1.71. The van der Waals surface area contributed by atoms with Crippen LogP contribution in [0.2, 0.25) is 0 Å². The predicted octanol–water partition coefficient (Wildman–Crippen LogP) is 0.772. The van der Waals surface area contributed by atoms with Crippen molar-refractivity contribution in [2.45, 2.75) is 19.8 Å². The topological polar surface area (TPSA) is 74.6 Å². The summed E-state index contributed by atoms with van der Waals surface area (Å²) in [5.74, 6) is 0.130. The summed E-state index contributed by atoms with van der Waals surface area (Å²) in [6.07, 6.45) is 3.74. The van der Waals surface area contributed by atoms with E-state index in [1.807, 2.05) is 0 Å². The van der Waals surface area contributed by atoms with Crippen molar-refractivity contribution in [1.29, 1.82) is 0 Å². The third-order valence-electron chi connectivity index (χ3n) is 3.17. The number of likely N-dealkylation sites (tertiary alicyclic amines) is 1. The van der Waals surface area contributed by atoms with E-state index in [2.05, 4.69) is 22.7 Å². The zero-order chi connectivity index (χ0) is 13.7. The molecule has 0 spiro atoms. The van der Waals surface area contributed by atoms with Gasteiger partial charge in [0.15, 0.2) is 5.76 Å². The Morgan fingerprint density at radius 3 is 3.00 bits per heavy atom. The molecule has 104 valence electrons. The number of nitrogens with zero attached hydrogens (tertiary/aromatic N) is 1. The summed E-state index contributed by atoms with van der Waals surface area (Å²) < 4.78 is 4.92. The van der Waals surface area contributed by atoms with Crippen LogP contribution in [0, 0.1) is 5.92 Å². The first-order valence-corrected chi connectivity index (χ1v) is 6.50. The highest BCUT2D eigenvalue weighted by molar-refractivity contribution is 5.93. The zero-order valence-electron chi connectivity index (χ0n) is 11.0. The highest BCUT2D eigenvalue weighted by atomic mass is 16.3. The van der Waals surface area contributed by atoms with E-state index in [1.54, 1.807) is 6.07 Å². The maximum atomic E-state index is 11.7. The van der Waals surface area contributed by atoms with Crippen LogP contribution < -0.4 is 10.9 Å². The number of carbonyl (C=O) groups excluding carboxylic acids is 2. The normalized spacial score (nSPS) is 19.9. The van der Waals surface area contributed by atoms with Crippen molar-refractivity contribution in [1.82, 2.24) is 15.8 Å². The number of carbonyl (C=O) groups is 2. The first-order chi connectivity index (χ1) is 9.15. The van der Waals surface area contributed by atoms with Crippen LogP contribution in [0.1, 0.15) is 30.3 Å². The van der Waals surface area contributed by atoms with Gasteiger partial charge < -0.3 is 4.42 Å². The van der Waals surface area contributed by atoms with Gasteiger partial charge in [-0.2, -0.15) is 0 Å². The van der Waals surface area contributed by atoms with Gasteiger partial charge in [0.1, 0.15) is 0 Å². The molecule has 1 aromatic heterocycles. The summed E-state index contributed by atoms with van der Waals surface area (Å²) in [6.45, 7) is 4.36. The molecule has 0 radical (unpaired) electrons. The van der Waals surface area contributed by atoms with E-state index < -0.39 is 5.91 Å². The molecule has 1 fully saturated rings. The first-order valence-electron chi connectivity index (χ1n) is 6.50. The summed E-state index contributed by atoms with van der Waals surface area (Å²) in [5, 5.41) is 0. The Kier molecular flexibility index (Phi) is 4.57. The second-order valence-corrected chi connectivity index (χ2v) is 4.96. The second kappa shape index (κ2) is 6.38. The van der Waals surface area contributed by atoms with E-state index in [0.717, 1.165) is 19.5 Å². The van der Waals surface area contributed by atoms with Crippen molar-refractivity contribution in [2.24, 2.45) is 5.92 Å². The maximum absolute atomic E-state index is 11.7. The molecule has 2 amide bonds. The number of hydrogen-bond acceptors (Lipinski definition) is 4. The van der Waals surface area contributed by atoms with Gasteiger partial charge in [-0.15, -0.1) is 0 Å². The van der Waals surface area contributed by atoms with Crippen LogP contribution in [-0.2, 0) is 4.79 Å². The second-order valence-electron chi connectivity index (χ2n) is 4.96.